The zero-order valence-electron chi connectivity index (χ0n) is 35.0. The number of hydrogen-bond donors (Lipinski definition) is 4. The highest BCUT2D eigenvalue weighted by Gasteiger charge is 2.56. The number of imidazole rings is 2. The molecular formula is C45H51FN8O7. The van der Waals surface area contributed by atoms with E-state index >= 15 is 4.39 Å². The molecule has 5 aromatic rings. The SMILES string of the molecule is COC(=O)NC(C(=O)N1[C@@H]2CC[C@@H](C2)[C@H]1c1ncc(-c2ccc(-c3ccc4c(ccc5nc([C@@H]6C[C@H]7C[C@H]7N6C(=O)[C@@H](NC(=O)OC)C(C)C)[nH]c54)c3)cc2F)[nH]1)[C@@H](C)OC. The number of fused-ring (bicyclic) bond motifs is 6. The van der Waals surface area contributed by atoms with Gasteiger partial charge in [0.25, 0.3) is 0 Å². The molecule has 2 saturated heterocycles. The van der Waals surface area contributed by atoms with E-state index in [0.717, 1.165) is 59.5 Å². The van der Waals surface area contributed by atoms with E-state index in [-0.39, 0.29) is 47.8 Å². The van der Waals surface area contributed by atoms with E-state index in [1.165, 1.54) is 27.4 Å². The second kappa shape index (κ2) is 15.8. The number of H-pyrrole nitrogens is 2. The third-order valence-electron chi connectivity index (χ3n) is 13.4. The van der Waals surface area contributed by atoms with Crippen molar-refractivity contribution in [3.63, 3.8) is 0 Å². The Labute approximate surface area is 352 Å². The van der Waals surface area contributed by atoms with Crippen LogP contribution in [0.1, 0.15) is 76.6 Å². The Balaban J connectivity index is 0.947. The molecule has 4 heterocycles. The van der Waals surface area contributed by atoms with Crippen LogP contribution in [0.5, 0.6) is 0 Å². The Hall–Kier alpha value is -6.03. The number of halogens is 1. The maximum atomic E-state index is 16.1. The van der Waals surface area contributed by atoms with Crippen molar-refractivity contribution >= 4 is 45.8 Å². The number of carbonyl (C=O) groups is 4. The Morgan fingerprint density at radius 3 is 2.25 bits per heavy atom. The van der Waals surface area contributed by atoms with E-state index in [1.54, 1.807) is 19.2 Å². The number of hydrogen-bond acceptors (Lipinski definition) is 9. The zero-order chi connectivity index (χ0) is 42.9. The summed E-state index contributed by atoms with van der Waals surface area (Å²) in [6.45, 7) is 5.53. The molecule has 2 saturated carbocycles. The molecule has 0 spiro atoms. The number of benzene rings is 3. The van der Waals surface area contributed by atoms with Crippen molar-refractivity contribution in [1.29, 1.82) is 0 Å². The summed E-state index contributed by atoms with van der Waals surface area (Å²) in [4.78, 5) is 72.5. The van der Waals surface area contributed by atoms with Gasteiger partial charge in [0.15, 0.2) is 0 Å². The molecule has 320 valence electrons. The van der Waals surface area contributed by atoms with Crippen LogP contribution in [0.3, 0.4) is 0 Å². The van der Waals surface area contributed by atoms with E-state index in [2.05, 4.69) is 25.6 Å². The number of likely N-dealkylation sites (tertiary alicyclic amines) is 2. The second-order valence-electron chi connectivity index (χ2n) is 17.3. The summed E-state index contributed by atoms with van der Waals surface area (Å²) < 4.78 is 31.1. The van der Waals surface area contributed by atoms with E-state index in [1.807, 2.05) is 60.0 Å². The first-order chi connectivity index (χ1) is 29.4. The Morgan fingerprint density at radius 2 is 1.52 bits per heavy atom. The highest BCUT2D eigenvalue weighted by atomic mass is 19.1. The first-order valence-electron chi connectivity index (χ1n) is 21.0. The lowest BCUT2D eigenvalue weighted by Gasteiger charge is -2.37. The van der Waals surface area contributed by atoms with Gasteiger partial charge >= 0.3 is 12.2 Å². The van der Waals surface area contributed by atoms with Crippen LogP contribution in [0.4, 0.5) is 14.0 Å². The molecule has 0 radical (unpaired) electrons. The molecule has 4 N–H and O–H groups in total. The number of piperidine rings is 2. The number of nitrogens with zero attached hydrogens (tertiary/aromatic N) is 4. The van der Waals surface area contributed by atoms with Gasteiger partial charge in [-0.05, 0) is 97.6 Å². The standard InChI is InChI=1S/C45H51FN8O7/c1-21(2)36(51-44(57)60-5)42(55)54-34-18-27(34)19-35(54)40-48-32-14-10-25-15-23(8-12-29(25)38(32)50-40)24-9-13-30(31(46)17-24)33-20-47-41(49-33)39-26-7-11-28(16-26)53(39)43(56)37(22(3)59-4)52-45(58)61-6/h8-10,12-15,17,20-22,26-28,34-37,39H,7,11,16,18-19H2,1-6H3,(H,47,49)(H,48,50)(H,51,57)(H,52,58)/t22-,26+,27-,28-,34-,35+,36+,37?,39+/m1/s1. The van der Waals surface area contributed by atoms with E-state index < -0.39 is 36.2 Å². The predicted octanol–water partition coefficient (Wildman–Crippen LogP) is 6.77. The average Bonchev–Trinajstić information content (AvgIpc) is 3.88. The van der Waals surface area contributed by atoms with Crippen LogP contribution < -0.4 is 10.6 Å². The summed E-state index contributed by atoms with van der Waals surface area (Å²) in [7, 11) is 4.02. The van der Waals surface area contributed by atoms with Gasteiger partial charge in [0.2, 0.25) is 11.8 Å². The summed E-state index contributed by atoms with van der Waals surface area (Å²) in [6.07, 6.45) is 3.99. The molecule has 3 aromatic carbocycles. The molecule has 2 aromatic heterocycles. The summed E-state index contributed by atoms with van der Waals surface area (Å²) in [5.41, 5.74) is 4.03. The van der Waals surface area contributed by atoms with Crippen LogP contribution in [-0.2, 0) is 23.8 Å². The topological polar surface area (TPSA) is 184 Å². The third-order valence-corrected chi connectivity index (χ3v) is 13.4. The van der Waals surface area contributed by atoms with Crippen molar-refractivity contribution in [1.82, 2.24) is 40.4 Å². The van der Waals surface area contributed by atoms with Gasteiger partial charge in [-0.25, -0.2) is 23.9 Å². The van der Waals surface area contributed by atoms with E-state index in [4.69, 9.17) is 19.2 Å². The fourth-order valence-electron chi connectivity index (χ4n) is 10.1. The minimum atomic E-state index is -0.954. The van der Waals surface area contributed by atoms with Crippen LogP contribution in [0.15, 0.2) is 54.7 Å². The van der Waals surface area contributed by atoms with Gasteiger partial charge < -0.3 is 44.6 Å². The predicted molar refractivity (Wildman–Crippen MR) is 223 cm³/mol. The molecule has 1 unspecified atom stereocenters. The molecule has 4 fully saturated rings. The molecule has 2 bridgehead atoms. The first kappa shape index (κ1) is 40.4. The smallest absolute Gasteiger partial charge is 0.407 e. The van der Waals surface area contributed by atoms with Crippen molar-refractivity contribution in [3.8, 4) is 22.4 Å². The normalized spacial score (nSPS) is 24.2. The van der Waals surface area contributed by atoms with Crippen LogP contribution in [-0.4, -0.2) is 105 Å². The van der Waals surface area contributed by atoms with Crippen molar-refractivity contribution in [2.75, 3.05) is 21.3 Å². The number of amides is 4. The van der Waals surface area contributed by atoms with E-state index in [0.29, 0.717) is 34.4 Å². The number of nitrogens with one attached hydrogen (secondary N) is 4. The molecule has 2 aliphatic heterocycles. The van der Waals surface area contributed by atoms with Gasteiger partial charge in [0.05, 0.1) is 55.3 Å². The minimum absolute atomic E-state index is 0.00823. The van der Waals surface area contributed by atoms with Gasteiger partial charge in [0, 0.05) is 30.1 Å². The largest absolute Gasteiger partial charge is 0.453 e. The summed E-state index contributed by atoms with van der Waals surface area (Å²) >= 11 is 0. The van der Waals surface area contributed by atoms with Crippen LogP contribution in [0.2, 0.25) is 0 Å². The van der Waals surface area contributed by atoms with Gasteiger partial charge in [-0.1, -0.05) is 38.1 Å². The Morgan fingerprint density at radius 1 is 0.803 bits per heavy atom. The molecule has 9 atom stereocenters. The molecule has 15 nitrogen and oxygen atoms in total. The highest BCUT2D eigenvalue weighted by molar-refractivity contribution is 6.05. The van der Waals surface area contributed by atoms with Crippen molar-refractivity contribution in [3.05, 3.63) is 72.2 Å². The quantitative estimate of drug-likeness (QED) is 0.112. The van der Waals surface area contributed by atoms with Crippen molar-refractivity contribution in [2.24, 2.45) is 17.8 Å². The third kappa shape index (κ3) is 7.13. The average molecular weight is 835 g/mol. The Kier molecular flexibility index (Phi) is 10.4. The first-order valence-corrected chi connectivity index (χ1v) is 21.0. The fraction of sp³-hybridized carbons (Fsp3) is 0.467. The molecule has 2 aliphatic carbocycles. The van der Waals surface area contributed by atoms with Crippen LogP contribution in [0.25, 0.3) is 44.2 Å². The fourth-order valence-corrected chi connectivity index (χ4v) is 10.1. The molecule has 4 amide bonds. The number of aromatic amines is 2. The van der Waals surface area contributed by atoms with Gasteiger partial charge in [-0.2, -0.15) is 0 Å². The number of rotatable bonds is 11. The van der Waals surface area contributed by atoms with Crippen molar-refractivity contribution in [2.45, 2.75) is 95.2 Å². The molecule has 4 aliphatic rings. The number of aromatic nitrogens is 4. The molecule has 9 rings (SSSR count). The lowest BCUT2D eigenvalue weighted by Crippen LogP contribution is -2.56. The lowest BCUT2D eigenvalue weighted by molar-refractivity contribution is -0.141. The van der Waals surface area contributed by atoms with Gasteiger partial charge in [-0.3, -0.25) is 9.59 Å². The van der Waals surface area contributed by atoms with Crippen molar-refractivity contribution < 1.29 is 37.8 Å². The maximum Gasteiger partial charge on any atom is 0.407 e. The van der Waals surface area contributed by atoms with Crippen LogP contribution >= 0.6 is 0 Å². The minimum Gasteiger partial charge on any atom is -0.453 e. The summed E-state index contributed by atoms with van der Waals surface area (Å²) in [5.74, 6) is 0.903. The molecule has 61 heavy (non-hydrogen) atoms. The zero-order valence-corrected chi connectivity index (χ0v) is 35.0. The van der Waals surface area contributed by atoms with E-state index in [9.17, 15) is 19.2 Å². The van der Waals surface area contributed by atoms with Crippen LogP contribution in [0, 0.1) is 23.6 Å². The summed E-state index contributed by atoms with van der Waals surface area (Å²) in [5, 5.41) is 7.27. The summed E-state index contributed by atoms with van der Waals surface area (Å²) in [6, 6.07) is 12.9. The number of ether oxygens (including phenoxy) is 3. The highest BCUT2D eigenvalue weighted by Crippen LogP contribution is 2.54. The second-order valence-corrected chi connectivity index (χ2v) is 17.3. The molecular weight excluding hydrogens is 784 g/mol. The molecule has 16 heteroatoms. The maximum absolute atomic E-state index is 16.1. The lowest BCUT2D eigenvalue weighted by atomic mass is 9.96. The number of carbonyl (C=O) groups excluding carboxylic acids is 4. The van der Waals surface area contributed by atoms with Gasteiger partial charge in [0.1, 0.15) is 29.5 Å². The number of methoxy groups -OCH3 is 3. The Bertz CT molecular complexity index is 2540. The monoisotopic (exact) mass is 834 g/mol. The number of alkyl carbamates (subject to hydrolysis) is 2. The van der Waals surface area contributed by atoms with Gasteiger partial charge in [-0.15, -0.1) is 0 Å².